The lowest BCUT2D eigenvalue weighted by molar-refractivity contribution is -0.190. The summed E-state index contributed by atoms with van der Waals surface area (Å²) in [5, 5.41) is 6.36. The van der Waals surface area contributed by atoms with Gasteiger partial charge in [0.1, 0.15) is 12.2 Å². The molecular weight excluding hydrogens is 418 g/mol. The second-order valence-electron chi connectivity index (χ2n) is 10.0. The fourth-order valence-electron chi connectivity index (χ4n) is 5.52. The molecule has 4 amide bonds. The minimum Gasteiger partial charge on any atom is -0.334 e. The zero-order chi connectivity index (χ0) is 23.5. The molecule has 8 heteroatoms. The molecule has 0 spiro atoms. The van der Waals surface area contributed by atoms with Crippen LogP contribution in [0, 0.1) is 5.92 Å². The van der Waals surface area contributed by atoms with Crippen molar-refractivity contribution in [2.45, 2.75) is 77.2 Å². The van der Waals surface area contributed by atoms with Gasteiger partial charge in [-0.15, -0.1) is 0 Å². The smallest absolute Gasteiger partial charge is 0.334 e. The Bertz CT molecular complexity index is 855. The average Bonchev–Trinajstić information content (AvgIpc) is 2.80. The van der Waals surface area contributed by atoms with Crippen molar-refractivity contribution in [3.8, 4) is 0 Å². The van der Waals surface area contributed by atoms with Crippen molar-refractivity contribution in [1.29, 1.82) is 0 Å². The minimum absolute atomic E-state index is 0.0504. The lowest BCUT2D eigenvalue weighted by Crippen LogP contribution is -2.76. The molecule has 1 aliphatic carbocycles. The number of hydrazine groups is 1. The molecule has 2 saturated heterocycles. The number of carbonyl (C=O) groups excluding carboxylic acids is 3. The zero-order valence-electron chi connectivity index (χ0n) is 20.1. The summed E-state index contributed by atoms with van der Waals surface area (Å²) >= 11 is 0. The van der Waals surface area contributed by atoms with Crippen molar-refractivity contribution in [3.05, 3.63) is 35.9 Å². The van der Waals surface area contributed by atoms with Gasteiger partial charge in [-0.25, -0.2) is 14.8 Å². The van der Waals surface area contributed by atoms with E-state index in [0.29, 0.717) is 19.5 Å². The van der Waals surface area contributed by atoms with Crippen molar-refractivity contribution >= 4 is 17.8 Å². The molecule has 0 radical (unpaired) electrons. The first-order valence-electron chi connectivity index (χ1n) is 12.3. The maximum Gasteiger partial charge on any atom is 0.334 e. The fraction of sp³-hybridized carbons (Fsp3) is 0.640. The van der Waals surface area contributed by atoms with Crippen molar-refractivity contribution in [3.63, 3.8) is 0 Å². The third kappa shape index (κ3) is 5.00. The number of rotatable bonds is 5. The summed E-state index contributed by atoms with van der Waals surface area (Å²) in [7, 11) is 1.77. The largest absolute Gasteiger partial charge is 0.334 e. The monoisotopic (exact) mass is 455 g/mol. The van der Waals surface area contributed by atoms with Crippen molar-refractivity contribution < 1.29 is 14.4 Å². The number of hydrogen-bond acceptors (Lipinski definition) is 4. The Balaban J connectivity index is 1.60. The fourth-order valence-corrected chi connectivity index (χ4v) is 5.52. The molecule has 8 nitrogen and oxygen atoms in total. The molecular formula is C25H37N5O3. The van der Waals surface area contributed by atoms with E-state index in [1.165, 1.54) is 6.42 Å². The van der Waals surface area contributed by atoms with Crippen LogP contribution in [-0.4, -0.2) is 76.0 Å². The van der Waals surface area contributed by atoms with Gasteiger partial charge in [-0.3, -0.25) is 9.59 Å². The third-order valence-corrected chi connectivity index (χ3v) is 7.09. The Hall–Kier alpha value is -2.61. The predicted molar refractivity (Wildman–Crippen MR) is 126 cm³/mol. The van der Waals surface area contributed by atoms with E-state index in [0.717, 1.165) is 31.2 Å². The summed E-state index contributed by atoms with van der Waals surface area (Å²) < 4.78 is 0. The number of likely N-dealkylation sites (N-methyl/N-ethyl adjacent to an activating group) is 1. The molecule has 0 bridgehead atoms. The van der Waals surface area contributed by atoms with Gasteiger partial charge in [0.2, 0.25) is 11.8 Å². The summed E-state index contributed by atoms with van der Waals surface area (Å²) in [6.07, 6.45) is 5.56. The summed E-state index contributed by atoms with van der Waals surface area (Å²) in [5.41, 5.74) is 1.01. The highest BCUT2D eigenvalue weighted by atomic mass is 16.2. The van der Waals surface area contributed by atoms with Crippen LogP contribution in [0.4, 0.5) is 4.79 Å². The summed E-state index contributed by atoms with van der Waals surface area (Å²) in [5.74, 6) is 0.227. The van der Waals surface area contributed by atoms with Gasteiger partial charge in [0.25, 0.3) is 0 Å². The SMILES string of the molecule is CC(C)C[C@H]1C(=O)N(C2CCCCC2)CC2N1C(=O)CN(C)N2C(=O)NCc1ccccc1. The van der Waals surface area contributed by atoms with Crippen LogP contribution >= 0.6 is 0 Å². The molecule has 0 aromatic heterocycles. The molecule has 2 heterocycles. The quantitative estimate of drug-likeness (QED) is 0.741. The maximum atomic E-state index is 13.6. The molecule has 3 fully saturated rings. The van der Waals surface area contributed by atoms with E-state index in [9.17, 15) is 14.4 Å². The topological polar surface area (TPSA) is 76.2 Å². The highest BCUT2D eigenvalue weighted by Gasteiger charge is 2.51. The molecule has 4 rings (SSSR count). The van der Waals surface area contributed by atoms with E-state index in [-0.39, 0.29) is 36.3 Å². The molecule has 1 saturated carbocycles. The lowest BCUT2D eigenvalue weighted by Gasteiger charge is -2.56. The van der Waals surface area contributed by atoms with E-state index in [1.54, 1.807) is 22.0 Å². The first kappa shape index (κ1) is 23.5. The van der Waals surface area contributed by atoms with Gasteiger partial charge in [-0.05, 0) is 30.7 Å². The first-order chi connectivity index (χ1) is 15.9. The van der Waals surface area contributed by atoms with Gasteiger partial charge >= 0.3 is 6.03 Å². The Kier molecular flexibility index (Phi) is 7.22. The van der Waals surface area contributed by atoms with Gasteiger partial charge in [-0.1, -0.05) is 63.4 Å². The van der Waals surface area contributed by atoms with Crippen LogP contribution < -0.4 is 5.32 Å². The normalized spacial score (nSPS) is 24.9. The van der Waals surface area contributed by atoms with Gasteiger partial charge in [0.15, 0.2) is 0 Å². The number of piperazine rings is 1. The second kappa shape index (κ2) is 10.1. The highest BCUT2D eigenvalue weighted by Crippen LogP contribution is 2.33. The molecule has 1 unspecified atom stereocenters. The van der Waals surface area contributed by atoms with Crippen LogP contribution in [0.3, 0.4) is 0 Å². The number of benzene rings is 1. The predicted octanol–water partition coefficient (Wildman–Crippen LogP) is 2.80. The molecule has 180 valence electrons. The van der Waals surface area contributed by atoms with Gasteiger partial charge in [0, 0.05) is 19.6 Å². The molecule has 1 N–H and O–H groups in total. The average molecular weight is 456 g/mol. The highest BCUT2D eigenvalue weighted by molar-refractivity contribution is 5.91. The van der Waals surface area contributed by atoms with Gasteiger partial charge in [0.05, 0.1) is 13.1 Å². The van der Waals surface area contributed by atoms with Crippen LogP contribution in [0.25, 0.3) is 0 Å². The first-order valence-corrected chi connectivity index (χ1v) is 12.3. The Morgan fingerprint density at radius 2 is 1.79 bits per heavy atom. The number of urea groups is 1. The lowest BCUT2D eigenvalue weighted by atomic mass is 9.90. The summed E-state index contributed by atoms with van der Waals surface area (Å²) in [6.45, 7) is 5.01. The third-order valence-electron chi connectivity index (χ3n) is 7.09. The molecule has 2 atom stereocenters. The number of nitrogens with zero attached hydrogens (tertiary/aromatic N) is 4. The van der Waals surface area contributed by atoms with Crippen LogP contribution in [-0.2, 0) is 16.1 Å². The molecule has 3 aliphatic rings. The second-order valence-corrected chi connectivity index (χ2v) is 10.0. The van der Waals surface area contributed by atoms with Gasteiger partial charge < -0.3 is 15.1 Å². The van der Waals surface area contributed by atoms with Crippen molar-refractivity contribution in [2.75, 3.05) is 20.1 Å². The van der Waals surface area contributed by atoms with E-state index in [2.05, 4.69) is 19.2 Å². The molecule has 1 aromatic carbocycles. The van der Waals surface area contributed by atoms with Crippen molar-refractivity contribution in [1.82, 2.24) is 25.1 Å². The Labute approximate surface area is 196 Å². The number of nitrogens with one attached hydrogen (secondary N) is 1. The Morgan fingerprint density at radius 1 is 1.09 bits per heavy atom. The number of fused-ring (bicyclic) bond motifs is 1. The summed E-state index contributed by atoms with van der Waals surface area (Å²) in [6, 6.07) is 9.21. The van der Waals surface area contributed by atoms with Crippen LogP contribution in [0.1, 0.15) is 57.9 Å². The zero-order valence-corrected chi connectivity index (χ0v) is 20.1. The molecule has 33 heavy (non-hydrogen) atoms. The van der Waals surface area contributed by atoms with E-state index < -0.39 is 12.2 Å². The molecule has 2 aliphatic heterocycles. The minimum atomic E-state index is -0.517. The number of carbonyl (C=O) groups is 3. The van der Waals surface area contributed by atoms with Crippen LogP contribution in [0.2, 0.25) is 0 Å². The number of hydrogen-bond donors (Lipinski definition) is 1. The van der Waals surface area contributed by atoms with Gasteiger partial charge in [-0.2, -0.15) is 0 Å². The molecule has 1 aromatic rings. The van der Waals surface area contributed by atoms with E-state index in [1.807, 2.05) is 35.2 Å². The standard InChI is InChI=1S/C25H37N5O3/c1-18(2)14-21-24(32)28(20-12-8-5-9-13-20)16-22-29(21)23(31)17-27(3)30(22)25(33)26-15-19-10-6-4-7-11-19/h4,6-7,10-11,18,20-22H,5,8-9,12-17H2,1-3H3,(H,26,33)/t21-,22?/m0/s1. The Morgan fingerprint density at radius 3 is 2.45 bits per heavy atom. The maximum absolute atomic E-state index is 13.6. The van der Waals surface area contributed by atoms with Crippen molar-refractivity contribution in [2.24, 2.45) is 5.92 Å². The van der Waals surface area contributed by atoms with Crippen LogP contribution in [0.15, 0.2) is 30.3 Å². The van der Waals surface area contributed by atoms with E-state index in [4.69, 9.17) is 0 Å². The summed E-state index contributed by atoms with van der Waals surface area (Å²) in [4.78, 5) is 43.8. The van der Waals surface area contributed by atoms with E-state index >= 15 is 0 Å². The van der Waals surface area contributed by atoms with Crippen LogP contribution in [0.5, 0.6) is 0 Å². The number of amides is 4.